The Morgan fingerprint density at radius 1 is 0.412 bits per heavy atom. The second-order valence-corrected chi connectivity index (χ2v) is 16.8. The van der Waals surface area contributed by atoms with Crippen LogP contribution in [-0.2, 0) is 4.74 Å². The lowest BCUT2D eigenvalue weighted by Crippen LogP contribution is -2.20. The fraction of sp³-hybridized carbons (Fsp3) is 0.840. The third-order valence-corrected chi connectivity index (χ3v) is 11.7. The van der Waals surface area contributed by atoms with Gasteiger partial charge in [0.05, 0.1) is 12.2 Å². The number of unbranched alkanes of at least 4 members (excludes halogenated alkanes) is 28. The minimum atomic E-state index is 0.260. The van der Waals surface area contributed by atoms with E-state index in [1.165, 1.54) is 255 Å². The Bertz CT molecular complexity index is 790. The maximum Gasteiger partial charge on any atom is 0.0769 e. The molecule has 0 aromatic heterocycles. The van der Waals surface area contributed by atoms with Gasteiger partial charge in [-0.25, -0.2) is 0 Å². The first-order valence-electron chi connectivity index (χ1n) is 23.7. The van der Waals surface area contributed by atoms with Crippen LogP contribution < -0.4 is 0 Å². The summed E-state index contributed by atoms with van der Waals surface area (Å²) in [6.45, 7) is 4.62. The monoisotopic (exact) mass is 707 g/mol. The maximum atomic E-state index is 7.07. The zero-order valence-corrected chi connectivity index (χ0v) is 34.9. The largest absolute Gasteiger partial charge is 0.367 e. The lowest BCUT2D eigenvalue weighted by Gasteiger charge is -2.24. The van der Waals surface area contributed by atoms with Crippen LogP contribution in [0.25, 0.3) is 0 Å². The molecule has 51 heavy (non-hydrogen) atoms. The third-order valence-electron chi connectivity index (χ3n) is 11.7. The molecule has 2 rings (SSSR count). The van der Waals surface area contributed by atoms with Crippen molar-refractivity contribution in [3.63, 3.8) is 0 Å². The molecular formula is C50H90O. The van der Waals surface area contributed by atoms with Crippen LogP contribution >= 0.6 is 0 Å². The van der Waals surface area contributed by atoms with Gasteiger partial charge in [0.15, 0.2) is 0 Å². The number of hydrogen-bond acceptors (Lipinski definition) is 1. The Labute approximate surface area is 321 Å². The third kappa shape index (κ3) is 29.0. The molecule has 1 nitrogen and oxygen atoms in total. The molecule has 2 aliphatic rings. The van der Waals surface area contributed by atoms with Gasteiger partial charge in [-0.3, -0.25) is 0 Å². The Hall–Kier alpha value is -1.08. The van der Waals surface area contributed by atoms with Crippen LogP contribution in [0.3, 0.4) is 0 Å². The standard InChI is InChI=1S/C50H90O/c1-3-5-7-9-11-13-15-17-19-21-23-25-27-29-37-43-49(45-47-39-33-31-34-40-47)51-50(46-48-41-35-32-36-42-48)44-38-30-28-26-24-22-20-18-16-14-12-10-8-6-4-2/h33,35,39,41,45-46,49-50H,3-32,34,36-38,40,42-44H2,1-2H3. The molecule has 0 spiro atoms. The normalized spacial score (nSPS) is 17.5. The highest BCUT2D eigenvalue weighted by Crippen LogP contribution is 2.25. The summed E-state index contributed by atoms with van der Waals surface area (Å²) >= 11 is 0. The van der Waals surface area contributed by atoms with Gasteiger partial charge in [0.1, 0.15) is 0 Å². The molecule has 2 unspecified atom stereocenters. The van der Waals surface area contributed by atoms with Crippen molar-refractivity contribution in [1.29, 1.82) is 0 Å². The Balaban J connectivity index is 1.67. The quantitative estimate of drug-likeness (QED) is 0.0589. The highest BCUT2D eigenvalue weighted by atomic mass is 16.5. The summed E-state index contributed by atoms with van der Waals surface area (Å²) in [5.41, 5.74) is 3.03. The fourth-order valence-electron chi connectivity index (χ4n) is 8.28. The molecule has 0 heterocycles. The highest BCUT2D eigenvalue weighted by molar-refractivity contribution is 5.24. The van der Waals surface area contributed by atoms with Crippen molar-refractivity contribution < 1.29 is 4.74 Å². The van der Waals surface area contributed by atoms with Gasteiger partial charge < -0.3 is 4.74 Å². The Kier molecular flexibility index (Phi) is 32.5. The summed E-state index contributed by atoms with van der Waals surface area (Å²) in [4.78, 5) is 0. The lowest BCUT2D eigenvalue weighted by atomic mass is 9.97. The second-order valence-electron chi connectivity index (χ2n) is 16.8. The highest BCUT2D eigenvalue weighted by Gasteiger charge is 2.16. The summed E-state index contributed by atoms with van der Waals surface area (Å²) in [5.74, 6) is 0. The molecule has 1 heteroatoms. The predicted molar refractivity (Wildman–Crippen MR) is 230 cm³/mol. The molecule has 0 amide bonds. The van der Waals surface area contributed by atoms with E-state index in [4.69, 9.17) is 4.74 Å². The summed E-state index contributed by atoms with van der Waals surface area (Å²) < 4.78 is 7.07. The van der Waals surface area contributed by atoms with Crippen LogP contribution in [0, 0.1) is 0 Å². The first-order valence-corrected chi connectivity index (χ1v) is 23.7. The molecule has 0 aliphatic heterocycles. The molecule has 2 atom stereocenters. The SMILES string of the molecule is CCCCCCCCCCCCCCCCCC(C=C1C=CCCC1)OC(C=C1C=CCCC1)CCCCCCCCCCCCCCCCC. The molecule has 296 valence electrons. The minimum absolute atomic E-state index is 0.260. The second kappa shape index (κ2) is 35.9. The van der Waals surface area contributed by atoms with Crippen molar-refractivity contribution in [1.82, 2.24) is 0 Å². The molecule has 2 aliphatic carbocycles. The number of rotatable bonds is 36. The topological polar surface area (TPSA) is 9.23 Å². The van der Waals surface area contributed by atoms with Crippen molar-refractivity contribution in [2.24, 2.45) is 0 Å². The van der Waals surface area contributed by atoms with E-state index in [-0.39, 0.29) is 12.2 Å². The van der Waals surface area contributed by atoms with Crippen molar-refractivity contribution in [3.05, 3.63) is 47.6 Å². The number of allylic oxidation sites excluding steroid dienone is 6. The van der Waals surface area contributed by atoms with Gasteiger partial charge in [0.25, 0.3) is 0 Å². The van der Waals surface area contributed by atoms with Gasteiger partial charge in [-0.2, -0.15) is 0 Å². The van der Waals surface area contributed by atoms with E-state index >= 15 is 0 Å². The molecule has 0 fully saturated rings. The molecule has 0 saturated heterocycles. The van der Waals surface area contributed by atoms with Crippen LogP contribution in [0.5, 0.6) is 0 Å². The van der Waals surface area contributed by atoms with Crippen LogP contribution in [0.2, 0.25) is 0 Å². The maximum absolute atomic E-state index is 7.07. The first kappa shape index (κ1) is 46.1. The summed E-state index contributed by atoms with van der Waals surface area (Å²) in [6.07, 6.45) is 67.8. The molecule has 0 N–H and O–H groups in total. The smallest absolute Gasteiger partial charge is 0.0769 e. The molecule has 0 bridgehead atoms. The van der Waals surface area contributed by atoms with Crippen molar-refractivity contribution in [3.8, 4) is 0 Å². The van der Waals surface area contributed by atoms with Gasteiger partial charge in [-0.15, -0.1) is 0 Å². The van der Waals surface area contributed by atoms with Crippen LogP contribution in [-0.4, -0.2) is 12.2 Å². The van der Waals surface area contributed by atoms with Crippen LogP contribution in [0.15, 0.2) is 47.6 Å². The zero-order valence-electron chi connectivity index (χ0n) is 34.9. The fourth-order valence-corrected chi connectivity index (χ4v) is 8.28. The average Bonchev–Trinajstić information content (AvgIpc) is 3.15. The van der Waals surface area contributed by atoms with Gasteiger partial charge in [0.2, 0.25) is 0 Å². The van der Waals surface area contributed by atoms with E-state index in [1.807, 2.05) is 0 Å². The number of hydrogen-bond donors (Lipinski definition) is 0. The van der Waals surface area contributed by atoms with Crippen molar-refractivity contribution in [2.45, 2.75) is 270 Å². The van der Waals surface area contributed by atoms with Gasteiger partial charge in [-0.1, -0.05) is 243 Å². The molecular weight excluding hydrogens is 617 g/mol. The zero-order chi connectivity index (χ0) is 36.1. The summed E-state index contributed by atoms with van der Waals surface area (Å²) in [6, 6.07) is 0. The summed E-state index contributed by atoms with van der Waals surface area (Å²) in [5, 5.41) is 0. The van der Waals surface area contributed by atoms with Gasteiger partial charge in [-0.05, 0) is 62.5 Å². The molecule has 0 saturated carbocycles. The van der Waals surface area contributed by atoms with Crippen molar-refractivity contribution >= 4 is 0 Å². The molecule has 0 aromatic rings. The van der Waals surface area contributed by atoms with Gasteiger partial charge >= 0.3 is 0 Å². The predicted octanol–water partition coefficient (Wildman–Crippen LogP) is 17.6. The first-order chi connectivity index (χ1) is 25.3. The van der Waals surface area contributed by atoms with E-state index in [9.17, 15) is 0 Å². The van der Waals surface area contributed by atoms with Gasteiger partial charge in [0, 0.05) is 0 Å². The Morgan fingerprint density at radius 3 is 0.941 bits per heavy atom. The van der Waals surface area contributed by atoms with E-state index in [2.05, 4.69) is 50.3 Å². The molecule has 0 radical (unpaired) electrons. The lowest BCUT2D eigenvalue weighted by molar-refractivity contribution is 0.0287. The Morgan fingerprint density at radius 2 is 0.686 bits per heavy atom. The van der Waals surface area contributed by atoms with Crippen molar-refractivity contribution in [2.75, 3.05) is 0 Å². The van der Waals surface area contributed by atoms with Crippen LogP contribution in [0.4, 0.5) is 0 Å². The van der Waals surface area contributed by atoms with E-state index in [0.29, 0.717) is 0 Å². The van der Waals surface area contributed by atoms with E-state index in [1.54, 1.807) is 0 Å². The summed E-state index contributed by atoms with van der Waals surface area (Å²) in [7, 11) is 0. The average molecular weight is 707 g/mol. The van der Waals surface area contributed by atoms with E-state index in [0.717, 1.165) is 0 Å². The minimum Gasteiger partial charge on any atom is -0.367 e. The molecule has 0 aromatic carbocycles. The number of ether oxygens (including phenoxy) is 1. The van der Waals surface area contributed by atoms with Crippen LogP contribution in [0.1, 0.15) is 258 Å². The van der Waals surface area contributed by atoms with E-state index < -0.39 is 0 Å².